The van der Waals surface area contributed by atoms with Crippen LogP contribution in [0.15, 0.2) is 22.7 Å². The van der Waals surface area contributed by atoms with E-state index in [2.05, 4.69) is 5.16 Å². The lowest BCUT2D eigenvalue weighted by Gasteiger charge is -2.06. The Balaban J connectivity index is 2.56. The first kappa shape index (κ1) is 11.6. The van der Waals surface area contributed by atoms with Crippen LogP contribution in [0.1, 0.15) is 30.9 Å². The first-order chi connectivity index (χ1) is 8.00. The molecule has 0 spiro atoms. The standard InChI is InChI=1S/C13H15FN2O/c1-7(2)11-12(16-17-13(11)15)9-5-4-8(3)10(14)6-9/h4-7H,15H2,1-3H3. The van der Waals surface area contributed by atoms with E-state index in [0.717, 1.165) is 5.56 Å². The van der Waals surface area contributed by atoms with Gasteiger partial charge in [0.2, 0.25) is 5.88 Å². The summed E-state index contributed by atoms with van der Waals surface area (Å²) in [6, 6.07) is 5.00. The van der Waals surface area contributed by atoms with Crippen molar-refractivity contribution < 1.29 is 8.91 Å². The van der Waals surface area contributed by atoms with Crippen molar-refractivity contribution in [2.75, 3.05) is 5.73 Å². The van der Waals surface area contributed by atoms with Crippen molar-refractivity contribution >= 4 is 5.88 Å². The molecular weight excluding hydrogens is 219 g/mol. The number of hydrogen-bond donors (Lipinski definition) is 1. The number of anilines is 1. The molecule has 3 nitrogen and oxygen atoms in total. The Morgan fingerprint density at radius 1 is 1.35 bits per heavy atom. The number of halogens is 1. The SMILES string of the molecule is Cc1ccc(-c2noc(N)c2C(C)C)cc1F. The summed E-state index contributed by atoms with van der Waals surface area (Å²) in [5.74, 6) is 0.232. The second kappa shape index (κ2) is 4.20. The van der Waals surface area contributed by atoms with Crippen molar-refractivity contribution in [2.24, 2.45) is 0 Å². The van der Waals surface area contributed by atoms with E-state index in [0.29, 0.717) is 22.7 Å². The highest BCUT2D eigenvalue weighted by molar-refractivity contribution is 5.68. The molecule has 2 aromatic rings. The predicted molar refractivity (Wildman–Crippen MR) is 65.1 cm³/mol. The van der Waals surface area contributed by atoms with E-state index in [-0.39, 0.29) is 11.7 Å². The van der Waals surface area contributed by atoms with Crippen LogP contribution in [0.4, 0.5) is 10.3 Å². The molecule has 1 aromatic carbocycles. The third kappa shape index (κ3) is 2.02. The van der Waals surface area contributed by atoms with Gasteiger partial charge >= 0.3 is 0 Å². The van der Waals surface area contributed by atoms with Crippen LogP contribution in [0, 0.1) is 12.7 Å². The number of nitrogen functional groups attached to an aromatic ring is 1. The van der Waals surface area contributed by atoms with Gasteiger partial charge in [-0.15, -0.1) is 0 Å². The molecule has 0 aliphatic rings. The molecule has 1 aromatic heterocycles. The van der Waals surface area contributed by atoms with Gasteiger partial charge in [-0.25, -0.2) is 4.39 Å². The van der Waals surface area contributed by atoms with E-state index in [9.17, 15) is 4.39 Å². The maximum Gasteiger partial charge on any atom is 0.226 e. The van der Waals surface area contributed by atoms with Gasteiger partial charge in [-0.2, -0.15) is 0 Å². The van der Waals surface area contributed by atoms with Crippen LogP contribution in [0.2, 0.25) is 0 Å². The van der Waals surface area contributed by atoms with Gasteiger partial charge in [0, 0.05) is 11.1 Å². The molecule has 0 radical (unpaired) electrons. The van der Waals surface area contributed by atoms with E-state index < -0.39 is 0 Å². The van der Waals surface area contributed by atoms with Crippen molar-refractivity contribution in [1.29, 1.82) is 0 Å². The minimum Gasteiger partial charge on any atom is -0.367 e. The van der Waals surface area contributed by atoms with Gasteiger partial charge in [-0.1, -0.05) is 31.1 Å². The first-order valence-corrected chi connectivity index (χ1v) is 5.52. The fourth-order valence-electron chi connectivity index (χ4n) is 1.82. The van der Waals surface area contributed by atoms with Crippen LogP contribution in [0.25, 0.3) is 11.3 Å². The molecule has 0 saturated carbocycles. The van der Waals surface area contributed by atoms with Crippen LogP contribution in [-0.4, -0.2) is 5.16 Å². The number of benzene rings is 1. The molecule has 90 valence electrons. The minimum atomic E-state index is -0.251. The van der Waals surface area contributed by atoms with Crippen LogP contribution in [0.3, 0.4) is 0 Å². The van der Waals surface area contributed by atoms with Gasteiger partial charge in [0.25, 0.3) is 0 Å². The van der Waals surface area contributed by atoms with Crippen molar-refractivity contribution in [2.45, 2.75) is 26.7 Å². The topological polar surface area (TPSA) is 52.0 Å². The average Bonchev–Trinajstić information content (AvgIpc) is 2.64. The van der Waals surface area contributed by atoms with Gasteiger partial charge in [0.1, 0.15) is 11.5 Å². The predicted octanol–water partition coefficient (Wildman–Crippen LogP) is 3.49. The Hall–Kier alpha value is -1.84. The summed E-state index contributed by atoms with van der Waals surface area (Å²) in [6.07, 6.45) is 0. The van der Waals surface area contributed by atoms with Gasteiger partial charge in [0.15, 0.2) is 0 Å². The highest BCUT2D eigenvalue weighted by Gasteiger charge is 2.18. The molecular formula is C13H15FN2O. The summed E-state index contributed by atoms with van der Waals surface area (Å²) < 4.78 is 18.5. The van der Waals surface area contributed by atoms with E-state index >= 15 is 0 Å². The van der Waals surface area contributed by atoms with E-state index in [1.54, 1.807) is 13.0 Å². The Kier molecular flexibility index (Phi) is 2.88. The highest BCUT2D eigenvalue weighted by atomic mass is 19.1. The van der Waals surface area contributed by atoms with Crippen molar-refractivity contribution in [3.63, 3.8) is 0 Å². The smallest absolute Gasteiger partial charge is 0.226 e. The Labute approximate surface area is 99.4 Å². The van der Waals surface area contributed by atoms with Crippen LogP contribution >= 0.6 is 0 Å². The zero-order valence-corrected chi connectivity index (χ0v) is 10.1. The van der Waals surface area contributed by atoms with Crippen LogP contribution < -0.4 is 5.73 Å². The first-order valence-electron chi connectivity index (χ1n) is 5.52. The largest absolute Gasteiger partial charge is 0.367 e. The van der Waals surface area contributed by atoms with E-state index in [1.165, 1.54) is 6.07 Å². The number of rotatable bonds is 2. The maximum absolute atomic E-state index is 13.5. The summed E-state index contributed by atoms with van der Waals surface area (Å²) >= 11 is 0. The average molecular weight is 234 g/mol. The lowest BCUT2D eigenvalue weighted by molar-refractivity contribution is 0.438. The quantitative estimate of drug-likeness (QED) is 0.865. The zero-order chi connectivity index (χ0) is 12.6. The fraction of sp³-hybridized carbons (Fsp3) is 0.308. The second-order valence-corrected chi connectivity index (χ2v) is 4.43. The normalized spacial score (nSPS) is 11.1. The molecule has 1 heterocycles. The van der Waals surface area contributed by atoms with Gasteiger partial charge < -0.3 is 10.3 Å². The molecule has 4 heteroatoms. The second-order valence-electron chi connectivity index (χ2n) is 4.43. The maximum atomic E-state index is 13.5. The molecule has 2 rings (SSSR count). The molecule has 0 amide bonds. The molecule has 0 aliphatic carbocycles. The summed E-state index contributed by atoms with van der Waals surface area (Å²) in [7, 11) is 0. The van der Waals surface area contributed by atoms with E-state index in [1.807, 2.05) is 19.9 Å². The summed E-state index contributed by atoms with van der Waals surface area (Å²) in [5, 5.41) is 3.91. The van der Waals surface area contributed by atoms with Gasteiger partial charge in [0.05, 0.1) is 0 Å². The summed E-state index contributed by atoms with van der Waals surface area (Å²) in [4.78, 5) is 0. The van der Waals surface area contributed by atoms with Gasteiger partial charge in [-0.05, 0) is 24.5 Å². The molecule has 0 atom stereocenters. The van der Waals surface area contributed by atoms with Crippen LogP contribution in [-0.2, 0) is 0 Å². The summed E-state index contributed by atoms with van der Waals surface area (Å²) in [6.45, 7) is 5.72. The summed E-state index contributed by atoms with van der Waals surface area (Å²) in [5.41, 5.74) is 8.47. The lowest BCUT2D eigenvalue weighted by atomic mass is 9.98. The minimum absolute atomic E-state index is 0.181. The number of nitrogens with zero attached hydrogens (tertiary/aromatic N) is 1. The number of aromatic nitrogens is 1. The zero-order valence-electron chi connectivity index (χ0n) is 10.1. The Morgan fingerprint density at radius 3 is 2.65 bits per heavy atom. The number of aryl methyl sites for hydroxylation is 1. The van der Waals surface area contributed by atoms with Crippen molar-refractivity contribution in [3.8, 4) is 11.3 Å². The monoisotopic (exact) mass is 234 g/mol. The molecule has 0 bridgehead atoms. The van der Waals surface area contributed by atoms with Crippen molar-refractivity contribution in [1.82, 2.24) is 5.16 Å². The number of nitrogens with two attached hydrogens (primary N) is 1. The van der Waals surface area contributed by atoms with E-state index in [4.69, 9.17) is 10.3 Å². The third-order valence-electron chi connectivity index (χ3n) is 2.78. The molecule has 2 N–H and O–H groups in total. The van der Waals surface area contributed by atoms with Crippen LogP contribution in [0.5, 0.6) is 0 Å². The highest BCUT2D eigenvalue weighted by Crippen LogP contribution is 2.33. The molecule has 0 saturated heterocycles. The Morgan fingerprint density at radius 2 is 2.06 bits per heavy atom. The fourth-order valence-corrected chi connectivity index (χ4v) is 1.82. The lowest BCUT2D eigenvalue weighted by Crippen LogP contribution is -1.95. The molecule has 0 fully saturated rings. The Bertz CT molecular complexity index is 546. The number of hydrogen-bond acceptors (Lipinski definition) is 3. The molecule has 0 aliphatic heterocycles. The third-order valence-corrected chi connectivity index (χ3v) is 2.78. The van der Waals surface area contributed by atoms with Gasteiger partial charge in [-0.3, -0.25) is 0 Å². The molecule has 0 unspecified atom stereocenters. The van der Waals surface area contributed by atoms with Crippen molar-refractivity contribution in [3.05, 3.63) is 35.1 Å². The molecule has 17 heavy (non-hydrogen) atoms.